The van der Waals surface area contributed by atoms with Crippen LogP contribution in [-0.4, -0.2) is 82.8 Å². The number of aliphatic carboxylic acids is 2. The van der Waals surface area contributed by atoms with E-state index in [0.29, 0.717) is 56.4 Å². The van der Waals surface area contributed by atoms with Crippen LogP contribution < -0.4 is 5.32 Å². The Balaban J connectivity index is 0.000000815. The molecule has 2 bridgehead atoms. The third-order valence-electron chi connectivity index (χ3n) is 11.0. The van der Waals surface area contributed by atoms with Gasteiger partial charge in [0, 0.05) is 18.7 Å². The van der Waals surface area contributed by atoms with Crippen molar-refractivity contribution in [2.75, 3.05) is 19.8 Å². The van der Waals surface area contributed by atoms with Crippen molar-refractivity contribution in [3.8, 4) is 0 Å². The molecule has 52 heavy (non-hydrogen) atoms. The molecule has 5 rings (SSSR count). The zero-order valence-electron chi connectivity index (χ0n) is 31.6. The van der Waals surface area contributed by atoms with E-state index in [4.69, 9.17) is 19.7 Å². The summed E-state index contributed by atoms with van der Waals surface area (Å²) < 4.78 is 11.2. The van der Waals surface area contributed by atoms with Crippen molar-refractivity contribution >= 4 is 29.8 Å². The molecule has 3 N–H and O–H groups in total. The van der Waals surface area contributed by atoms with Crippen molar-refractivity contribution in [2.45, 2.75) is 142 Å². The second-order valence-corrected chi connectivity index (χ2v) is 14.8. The van der Waals surface area contributed by atoms with Gasteiger partial charge in [0.05, 0.1) is 19.3 Å². The Morgan fingerprint density at radius 2 is 1.48 bits per heavy atom. The van der Waals surface area contributed by atoms with Crippen molar-refractivity contribution in [3.63, 3.8) is 0 Å². The molecule has 4 aliphatic rings. The first-order chi connectivity index (χ1) is 25.0. The Hall–Kier alpha value is -3.73. The number of carbonyl (C=O) groups is 5. The number of nitrogens with one attached hydrogen (secondary N) is 1. The number of carbonyl (C=O) groups excluding carboxylic acids is 3. The van der Waals surface area contributed by atoms with Crippen molar-refractivity contribution in [1.29, 1.82) is 0 Å². The largest absolute Gasteiger partial charge is 0.478 e. The standard InChI is InChI=1S/C37H58N2O5.C4H4O4/c1-4-6-7-8-9-10-11-15-24-44-36(42)33-26-37(25-30-18-21-31(37)22-19-30)27-39(33)34(40)28(3)38-32(35(41)43-5-2)23-20-29-16-13-12-14-17-29;5-3(6)1-2-4(7)8/h12-14,16-17,28,30-33,38H,4-11,15,18-27H2,1-3H3;1-2H,(H,5,6)(H,7,8)/b;2-1-/t28-,30?,31?,32-,33-,37?;/m0./s1. The molecule has 1 saturated heterocycles. The van der Waals surface area contributed by atoms with Gasteiger partial charge in [0.25, 0.3) is 0 Å². The molecule has 1 unspecified atom stereocenters. The first kappa shape index (κ1) is 42.7. The Kier molecular flexibility index (Phi) is 18.4. The molecule has 4 atom stereocenters. The monoisotopic (exact) mass is 726 g/mol. The predicted molar refractivity (Wildman–Crippen MR) is 198 cm³/mol. The van der Waals surface area contributed by atoms with Crippen molar-refractivity contribution in [3.05, 3.63) is 48.0 Å². The quantitative estimate of drug-likeness (QED) is 0.0748. The fourth-order valence-corrected chi connectivity index (χ4v) is 8.35. The van der Waals surface area contributed by atoms with Crippen LogP contribution in [0.3, 0.4) is 0 Å². The molecule has 4 fully saturated rings. The summed E-state index contributed by atoms with van der Waals surface area (Å²) in [5.41, 5.74) is 1.14. The summed E-state index contributed by atoms with van der Waals surface area (Å²) in [6.07, 6.45) is 18.6. The number of nitrogens with zero attached hydrogens (tertiary/aromatic N) is 1. The first-order valence-corrected chi connectivity index (χ1v) is 19.6. The summed E-state index contributed by atoms with van der Waals surface area (Å²) in [6, 6.07) is 8.26. The molecule has 290 valence electrons. The maximum Gasteiger partial charge on any atom is 0.328 e. The highest BCUT2D eigenvalue weighted by Gasteiger charge is 2.57. The van der Waals surface area contributed by atoms with Gasteiger partial charge < -0.3 is 24.6 Å². The van der Waals surface area contributed by atoms with Crippen LogP contribution in [0.2, 0.25) is 0 Å². The Bertz CT molecular complexity index is 1290. The molecular formula is C41H62N2O9. The molecule has 1 aromatic rings. The second-order valence-electron chi connectivity index (χ2n) is 14.8. The Morgan fingerprint density at radius 3 is 2.04 bits per heavy atom. The van der Waals surface area contributed by atoms with E-state index in [1.165, 1.54) is 64.2 Å². The third-order valence-corrected chi connectivity index (χ3v) is 11.0. The van der Waals surface area contributed by atoms with Gasteiger partial charge in [-0.3, -0.25) is 14.9 Å². The van der Waals surface area contributed by atoms with E-state index >= 15 is 0 Å². The normalized spacial score (nSPS) is 23.1. The number of aryl methyl sites for hydroxylation is 1. The average Bonchev–Trinajstić information content (AvgIpc) is 3.51. The molecular weight excluding hydrogens is 664 g/mol. The smallest absolute Gasteiger partial charge is 0.328 e. The fourth-order valence-electron chi connectivity index (χ4n) is 8.35. The lowest BCUT2D eigenvalue weighted by atomic mass is 9.55. The van der Waals surface area contributed by atoms with Gasteiger partial charge in [0.2, 0.25) is 5.91 Å². The number of hydrogen-bond donors (Lipinski definition) is 3. The molecule has 1 amide bonds. The second kappa shape index (κ2) is 22.4. The zero-order chi connectivity index (χ0) is 37.9. The van der Waals surface area contributed by atoms with Gasteiger partial charge >= 0.3 is 23.9 Å². The van der Waals surface area contributed by atoms with E-state index in [1.807, 2.05) is 42.2 Å². The number of rotatable bonds is 20. The van der Waals surface area contributed by atoms with Crippen LogP contribution in [0.4, 0.5) is 0 Å². The highest BCUT2D eigenvalue weighted by molar-refractivity contribution is 5.90. The van der Waals surface area contributed by atoms with Gasteiger partial charge in [-0.25, -0.2) is 14.4 Å². The highest BCUT2D eigenvalue weighted by atomic mass is 16.5. The molecule has 3 saturated carbocycles. The zero-order valence-corrected chi connectivity index (χ0v) is 31.6. The number of benzene rings is 1. The number of unbranched alkanes of at least 4 members (excludes halogenated alkanes) is 7. The van der Waals surface area contributed by atoms with Crippen LogP contribution in [0.15, 0.2) is 42.5 Å². The molecule has 11 nitrogen and oxygen atoms in total. The SMILES string of the molecule is CCCCCCCCCCOC(=O)[C@@H]1CC2(CC3CCC2CC3)CN1C(=O)[C@H](C)N[C@@H](CCc1ccccc1)C(=O)OCC.O=C(O)/C=C\C(=O)O. The van der Waals surface area contributed by atoms with Crippen molar-refractivity contribution < 1.29 is 43.7 Å². The number of carboxylic acids is 2. The van der Waals surface area contributed by atoms with E-state index in [0.717, 1.165) is 24.8 Å². The topological polar surface area (TPSA) is 160 Å². The molecule has 11 heteroatoms. The molecule has 0 radical (unpaired) electrons. The number of amides is 1. The molecule has 0 aromatic heterocycles. The maximum atomic E-state index is 14.1. The van der Waals surface area contributed by atoms with Crippen LogP contribution in [0.5, 0.6) is 0 Å². The average molecular weight is 727 g/mol. The van der Waals surface area contributed by atoms with E-state index in [-0.39, 0.29) is 29.9 Å². The lowest BCUT2D eigenvalue weighted by molar-refractivity contribution is -0.154. The fraction of sp³-hybridized carbons (Fsp3) is 0.683. The number of likely N-dealkylation sites (tertiary alicyclic amines) is 1. The van der Waals surface area contributed by atoms with Gasteiger partial charge in [-0.1, -0.05) is 95.0 Å². The highest BCUT2D eigenvalue weighted by Crippen LogP contribution is 2.58. The van der Waals surface area contributed by atoms with Gasteiger partial charge in [-0.15, -0.1) is 0 Å². The summed E-state index contributed by atoms with van der Waals surface area (Å²) >= 11 is 0. The van der Waals surface area contributed by atoms with Gasteiger partial charge in [-0.2, -0.15) is 0 Å². The molecule has 1 spiro atoms. The van der Waals surface area contributed by atoms with Crippen LogP contribution in [0.1, 0.15) is 123 Å². The predicted octanol–water partition coefficient (Wildman–Crippen LogP) is 6.72. The van der Waals surface area contributed by atoms with E-state index < -0.39 is 30.1 Å². The van der Waals surface area contributed by atoms with Crippen LogP contribution in [0, 0.1) is 17.3 Å². The van der Waals surface area contributed by atoms with E-state index in [2.05, 4.69) is 12.2 Å². The molecule has 3 aliphatic carbocycles. The number of ether oxygens (including phenoxy) is 2. The number of carboxylic acid groups (broad SMARTS) is 2. The summed E-state index contributed by atoms with van der Waals surface area (Å²) in [7, 11) is 0. The summed E-state index contributed by atoms with van der Waals surface area (Å²) in [4.78, 5) is 61.5. The molecule has 1 aromatic carbocycles. The van der Waals surface area contributed by atoms with Gasteiger partial charge in [-0.05, 0) is 81.6 Å². The minimum atomic E-state index is -1.26. The summed E-state index contributed by atoms with van der Waals surface area (Å²) in [5, 5.41) is 18.9. The Labute approximate surface area is 309 Å². The minimum absolute atomic E-state index is 0.00652. The van der Waals surface area contributed by atoms with E-state index in [1.54, 1.807) is 6.92 Å². The number of esters is 2. The molecule has 1 aliphatic heterocycles. The summed E-state index contributed by atoms with van der Waals surface area (Å²) in [6.45, 7) is 7.17. The lowest BCUT2D eigenvalue weighted by Gasteiger charge is -2.50. The summed E-state index contributed by atoms with van der Waals surface area (Å²) in [5.74, 6) is -1.96. The van der Waals surface area contributed by atoms with Crippen LogP contribution in [0.25, 0.3) is 0 Å². The first-order valence-electron chi connectivity index (χ1n) is 19.6. The third kappa shape index (κ3) is 13.7. The lowest BCUT2D eigenvalue weighted by Crippen LogP contribution is -2.54. The van der Waals surface area contributed by atoms with Gasteiger partial charge in [0.15, 0.2) is 0 Å². The maximum absolute atomic E-state index is 14.1. The van der Waals surface area contributed by atoms with E-state index in [9.17, 15) is 24.0 Å². The Morgan fingerprint density at radius 1 is 0.865 bits per heavy atom. The number of hydrogen-bond acceptors (Lipinski definition) is 8. The molecule has 1 heterocycles. The van der Waals surface area contributed by atoms with Crippen molar-refractivity contribution in [1.82, 2.24) is 10.2 Å². The minimum Gasteiger partial charge on any atom is -0.478 e. The van der Waals surface area contributed by atoms with Gasteiger partial charge in [0.1, 0.15) is 12.1 Å². The van der Waals surface area contributed by atoms with Crippen LogP contribution >= 0.6 is 0 Å². The van der Waals surface area contributed by atoms with Crippen LogP contribution in [-0.2, 0) is 39.9 Å². The number of fused-ring (bicyclic) bond motifs is 2. The van der Waals surface area contributed by atoms with Crippen molar-refractivity contribution in [2.24, 2.45) is 17.3 Å².